The molecule has 1 aromatic carbocycles. The van der Waals surface area contributed by atoms with Crippen molar-refractivity contribution in [3.8, 4) is 5.75 Å². The van der Waals surface area contributed by atoms with Gasteiger partial charge in [-0.05, 0) is 31.7 Å². The van der Waals surface area contributed by atoms with Gasteiger partial charge in [0.15, 0.2) is 5.75 Å². The number of nitrogens with one attached hydrogen (secondary N) is 1. The predicted molar refractivity (Wildman–Crippen MR) is 84.5 cm³/mol. The SMILES string of the molecule is CCn1ncc(OC)c1C(NC)c1ccc(Cl)cc1Br. The first-order valence-corrected chi connectivity index (χ1v) is 7.51. The molecule has 1 heterocycles. The summed E-state index contributed by atoms with van der Waals surface area (Å²) in [5.74, 6) is 0.771. The van der Waals surface area contributed by atoms with Crippen LogP contribution < -0.4 is 10.1 Å². The monoisotopic (exact) mass is 357 g/mol. The Balaban J connectivity index is 2.54. The minimum atomic E-state index is -0.0287. The van der Waals surface area contributed by atoms with Crippen LogP contribution in [0.1, 0.15) is 24.2 Å². The van der Waals surface area contributed by atoms with Gasteiger partial charge in [-0.15, -0.1) is 0 Å². The van der Waals surface area contributed by atoms with E-state index in [0.717, 1.165) is 28.0 Å². The number of rotatable bonds is 5. The highest BCUT2D eigenvalue weighted by atomic mass is 79.9. The number of benzene rings is 1. The number of methoxy groups -OCH3 is 1. The predicted octanol–water partition coefficient (Wildman–Crippen LogP) is 3.64. The molecule has 1 aromatic heterocycles. The Morgan fingerprint density at radius 3 is 2.80 bits per heavy atom. The summed E-state index contributed by atoms with van der Waals surface area (Å²) in [6, 6.07) is 5.74. The van der Waals surface area contributed by atoms with Crippen LogP contribution in [0.2, 0.25) is 5.02 Å². The molecule has 0 amide bonds. The van der Waals surface area contributed by atoms with Crippen LogP contribution in [0.4, 0.5) is 0 Å². The van der Waals surface area contributed by atoms with E-state index in [4.69, 9.17) is 16.3 Å². The summed E-state index contributed by atoms with van der Waals surface area (Å²) >= 11 is 9.59. The Morgan fingerprint density at radius 2 is 2.25 bits per heavy atom. The molecule has 2 rings (SSSR count). The van der Waals surface area contributed by atoms with Crippen LogP contribution in [0.25, 0.3) is 0 Å². The molecule has 108 valence electrons. The van der Waals surface area contributed by atoms with Crippen LogP contribution in [-0.2, 0) is 6.54 Å². The molecule has 6 heteroatoms. The summed E-state index contributed by atoms with van der Waals surface area (Å²) in [6.45, 7) is 2.83. The fourth-order valence-electron chi connectivity index (χ4n) is 2.25. The molecule has 1 N–H and O–H groups in total. The number of aryl methyl sites for hydroxylation is 1. The number of hydrogen-bond donors (Lipinski definition) is 1. The lowest BCUT2D eigenvalue weighted by Crippen LogP contribution is -2.22. The number of hydrogen-bond acceptors (Lipinski definition) is 3. The first kappa shape index (κ1) is 15.4. The van der Waals surface area contributed by atoms with Crippen LogP contribution >= 0.6 is 27.5 Å². The second-order valence-corrected chi connectivity index (χ2v) is 5.59. The van der Waals surface area contributed by atoms with Crippen molar-refractivity contribution in [3.63, 3.8) is 0 Å². The van der Waals surface area contributed by atoms with Crippen LogP contribution in [0.3, 0.4) is 0 Å². The van der Waals surface area contributed by atoms with Crippen molar-refractivity contribution >= 4 is 27.5 Å². The van der Waals surface area contributed by atoms with E-state index in [1.54, 1.807) is 13.3 Å². The van der Waals surface area contributed by atoms with E-state index in [1.807, 2.05) is 29.9 Å². The van der Waals surface area contributed by atoms with E-state index in [0.29, 0.717) is 5.02 Å². The Hall–Kier alpha value is -1.04. The minimum Gasteiger partial charge on any atom is -0.493 e. The lowest BCUT2D eigenvalue weighted by atomic mass is 10.0. The average Bonchev–Trinajstić information content (AvgIpc) is 2.85. The molecule has 0 aliphatic rings. The van der Waals surface area contributed by atoms with Gasteiger partial charge in [0, 0.05) is 16.0 Å². The molecule has 1 unspecified atom stereocenters. The largest absolute Gasteiger partial charge is 0.493 e. The van der Waals surface area contributed by atoms with E-state index in [2.05, 4.69) is 33.3 Å². The molecular formula is C14H17BrClN3O. The van der Waals surface area contributed by atoms with Crippen LogP contribution in [0.5, 0.6) is 5.75 Å². The van der Waals surface area contributed by atoms with E-state index in [-0.39, 0.29) is 6.04 Å². The van der Waals surface area contributed by atoms with Gasteiger partial charge in [-0.25, -0.2) is 0 Å². The van der Waals surface area contributed by atoms with Gasteiger partial charge in [-0.2, -0.15) is 5.10 Å². The fraction of sp³-hybridized carbons (Fsp3) is 0.357. The highest BCUT2D eigenvalue weighted by Gasteiger charge is 2.23. The van der Waals surface area contributed by atoms with Gasteiger partial charge < -0.3 is 10.1 Å². The normalized spacial score (nSPS) is 12.4. The van der Waals surface area contributed by atoms with E-state index < -0.39 is 0 Å². The molecule has 0 aliphatic heterocycles. The third-order valence-electron chi connectivity index (χ3n) is 3.20. The Labute approximate surface area is 132 Å². The molecule has 0 bridgehead atoms. The summed E-state index contributed by atoms with van der Waals surface area (Å²) < 4.78 is 8.32. The highest BCUT2D eigenvalue weighted by molar-refractivity contribution is 9.10. The second-order valence-electron chi connectivity index (χ2n) is 4.30. The molecule has 0 saturated carbocycles. The standard InChI is InChI=1S/C14H17BrClN3O/c1-4-19-14(12(20-3)8-18-19)13(17-2)10-6-5-9(16)7-11(10)15/h5-8,13,17H,4H2,1-3H3. The lowest BCUT2D eigenvalue weighted by Gasteiger charge is -2.20. The van der Waals surface area contributed by atoms with Crippen molar-refractivity contribution in [3.05, 3.63) is 45.1 Å². The average molecular weight is 359 g/mol. The van der Waals surface area contributed by atoms with Gasteiger partial charge in [-0.3, -0.25) is 4.68 Å². The van der Waals surface area contributed by atoms with Gasteiger partial charge in [0.25, 0.3) is 0 Å². The van der Waals surface area contributed by atoms with Crippen molar-refractivity contribution in [2.75, 3.05) is 14.2 Å². The molecule has 0 fully saturated rings. The van der Waals surface area contributed by atoms with Crippen molar-refractivity contribution in [1.29, 1.82) is 0 Å². The van der Waals surface area contributed by atoms with Crippen LogP contribution in [0.15, 0.2) is 28.9 Å². The van der Waals surface area contributed by atoms with Gasteiger partial charge in [0.1, 0.15) is 5.69 Å². The first-order chi connectivity index (χ1) is 9.62. The Bertz CT molecular complexity index is 579. The van der Waals surface area contributed by atoms with Gasteiger partial charge in [-0.1, -0.05) is 33.6 Å². The minimum absolute atomic E-state index is 0.0287. The molecule has 1 atom stereocenters. The molecule has 0 saturated heterocycles. The van der Waals surface area contributed by atoms with Crippen molar-refractivity contribution in [2.24, 2.45) is 0 Å². The Morgan fingerprint density at radius 1 is 1.50 bits per heavy atom. The summed E-state index contributed by atoms with van der Waals surface area (Å²) in [5, 5.41) is 8.37. The van der Waals surface area contributed by atoms with Crippen LogP contribution in [-0.4, -0.2) is 23.9 Å². The maximum absolute atomic E-state index is 6.01. The maximum Gasteiger partial charge on any atom is 0.161 e. The van der Waals surface area contributed by atoms with Gasteiger partial charge in [0.05, 0.1) is 19.3 Å². The van der Waals surface area contributed by atoms with E-state index in [1.165, 1.54) is 0 Å². The third-order valence-corrected chi connectivity index (χ3v) is 4.12. The first-order valence-electron chi connectivity index (χ1n) is 6.34. The molecule has 0 aliphatic carbocycles. The van der Waals surface area contributed by atoms with E-state index >= 15 is 0 Å². The zero-order valence-electron chi connectivity index (χ0n) is 11.7. The highest BCUT2D eigenvalue weighted by Crippen LogP contribution is 2.34. The topological polar surface area (TPSA) is 39.1 Å². The summed E-state index contributed by atoms with van der Waals surface area (Å²) in [7, 11) is 3.57. The van der Waals surface area contributed by atoms with Gasteiger partial charge >= 0.3 is 0 Å². The third kappa shape index (κ3) is 2.85. The zero-order chi connectivity index (χ0) is 14.7. The van der Waals surface area contributed by atoms with Gasteiger partial charge in [0.2, 0.25) is 0 Å². The second kappa shape index (κ2) is 6.61. The quantitative estimate of drug-likeness (QED) is 0.887. The number of halogens is 2. The molecule has 20 heavy (non-hydrogen) atoms. The summed E-state index contributed by atoms with van der Waals surface area (Å²) in [4.78, 5) is 0. The zero-order valence-corrected chi connectivity index (χ0v) is 14.0. The van der Waals surface area contributed by atoms with Crippen molar-refractivity contribution in [2.45, 2.75) is 19.5 Å². The maximum atomic E-state index is 6.01. The van der Waals surface area contributed by atoms with Crippen molar-refractivity contribution < 1.29 is 4.74 Å². The molecule has 4 nitrogen and oxygen atoms in total. The van der Waals surface area contributed by atoms with Crippen molar-refractivity contribution in [1.82, 2.24) is 15.1 Å². The summed E-state index contributed by atoms with van der Waals surface area (Å²) in [6.07, 6.45) is 1.74. The number of nitrogens with zero attached hydrogens (tertiary/aromatic N) is 2. The molecule has 0 radical (unpaired) electrons. The van der Waals surface area contributed by atoms with Crippen LogP contribution in [0, 0.1) is 0 Å². The Kier molecular flexibility index (Phi) is 5.07. The number of aromatic nitrogens is 2. The fourth-order valence-corrected chi connectivity index (χ4v) is 3.16. The van der Waals surface area contributed by atoms with E-state index in [9.17, 15) is 0 Å². The summed E-state index contributed by atoms with van der Waals surface area (Å²) in [5.41, 5.74) is 2.09. The smallest absolute Gasteiger partial charge is 0.161 e. The molecular weight excluding hydrogens is 342 g/mol. The molecule has 2 aromatic rings. The number of ether oxygens (including phenoxy) is 1. The lowest BCUT2D eigenvalue weighted by molar-refractivity contribution is 0.401. The molecule has 0 spiro atoms.